The Bertz CT molecular complexity index is 151. The van der Waals surface area contributed by atoms with Gasteiger partial charge in [-0.2, -0.15) is 0 Å². The molecule has 0 bridgehead atoms. The van der Waals surface area contributed by atoms with Crippen LogP contribution in [0.5, 0.6) is 0 Å². The lowest BCUT2D eigenvalue weighted by Crippen LogP contribution is -2.43. The summed E-state index contributed by atoms with van der Waals surface area (Å²) in [4.78, 5) is 0. The van der Waals surface area contributed by atoms with Crippen LogP contribution < -0.4 is 5.32 Å². The van der Waals surface area contributed by atoms with Crippen molar-refractivity contribution in [1.82, 2.24) is 5.32 Å². The van der Waals surface area contributed by atoms with Gasteiger partial charge in [-0.05, 0) is 44.1 Å². The molecule has 90 valence electrons. The normalized spacial score (nSPS) is 28.2. The van der Waals surface area contributed by atoms with E-state index in [4.69, 9.17) is 4.74 Å². The van der Waals surface area contributed by atoms with Gasteiger partial charge in [0.15, 0.2) is 0 Å². The third kappa shape index (κ3) is 4.52. The Morgan fingerprint density at radius 3 is 2.40 bits per heavy atom. The van der Waals surface area contributed by atoms with Crippen molar-refractivity contribution in [2.45, 2.75) is 52.0 Å². The Kier molecular flexibility index (Phi) is 6.26. The van der Waals surface area contributed by atoms with Crippen LogP contribution >= 0.6 is 0 Å². The molecule has 2 heteroatoms. The molecule has 0 heterocycles. The molecule has 0 saturated heterocycles. The summed E-state index contributed by atoms with van der Waals surface area (Å²) in [6, 6.07) is 0.751. The highest BCUT2D eigenvalue weighted by atomic mass is 16.5. The van der Waals surface area contributed by atoms with Crippen molar-refractivity contribution in [3.8, 4) is 0 Å². The number of nitrogens with one attached hydrogen (secondary N) is 1. The summed E-state index contributed by atoms with van der Waals surface area (Å²) in [5, 5.41) is 3.72. The third-order valence-electron chi connectivity index (χ3n) is 3.70. The van der Waals surface area contributed by atoms with Crippen LogP contribution in [0.25, 0.3) is 0 Å². The van der Waals surface area contributed by atoms with Gasteiger partial charge in [-0.3, -0.25) is 0 Å². The van der Waals surface area contributed by atoms with Crippen LogP contribution in [0.2, 0.25) is 0 Å². The van der Waals surface area contributed by atoms with Crippen LogP contribution in [0.3, 0.4) is 0 Å². The largest absolute Gasteiger partial charge is 0.385 e. The minimum absolute atomic E-state index is 0.751. The Labute approximate surface area is 94.8 Å². The van der Waals surface area contributed by atoms with Gasteiger partial charge in [-0.1, -0.05) is 20.3 Å². The molecule has 0 aromatic carbocycles. The Morgan fingerprint density at radius 2 is 1.80 bits per heavy atom. The van der Waals surface area contributed by atoms with Gasteiger partial charge in [0.05, 0.1) is 0 Å². The minimum Gasteiger partial charge on any atom is -0.385 e. The molecule has 1 N–H and O–H groups in total. The van der Waals surface area contributed by atoms with Gasteiger partial charge in [0.1, 0.15) is 0 Å². The number of hydrogen-bond donors (Lipinski definition) is 1. The molecular formula is C13H27NO. The lowest BCUT2D eigenvalue weighted by atomic mass is 9.79. The second-order valence-electron chi connectivity index (χ2n) is 5.07. The average Bonchev–Trinajstić information content (AvgIpc) is 2.21. The zero-order chi connectivity index (χ0) is 11.1. The molecule has 0 aromatic heterocycles. The zero-order valence-electron chi connectivity index (χ0n) is 10.6. The fourth-order valence-corrected chi connectivity index (χ4v) is 2.72. The molecule has 0 aliphatic heterocycles. The first-order chi connectivity index (χ1) is 7.25. The Hall–Kier alpha value is -0.0800. The van der Waals surface area contributed by atoms with Crippen LogP contribution in [0.15, 0.2) is 0 Å². The number of rotatable bonds is 6. The molecule has 1 rings (SSSR count). The minimum atomic E-state index is 0.751. The van der Waals surface area contributed by atoms with Gasteiger partial charge < -0.3 is 10.1 Å². The number of methoxy groups -OCH3 is 1. The van der Waals surface area contributed by atoms with Crippen molar-refractivity contribution < 1.29 is 4.74 Å². The highest BCUT2D eigenvalue weighted by molar-refractivity contribution is 4.83. The molecule has 0 radical (unpaired) electrons. The maximum atomic E-state index is 5.05. The summed E-state index contributed by atoms with van der Waals surface area (Å²) in [5.41, 5.74) is 0. The highest BCUT2D eigenvalue weighted by Crippen LogP contribution is 2.28. The molecular weight excluding hydrogens is 186 g/mol. The summed E-state index contributed by atoms with van der Waals surface area (Å²) >= 11 is 0. The van der Waals surface area contributed by atoms with E-state index < -0.39 is 0 Å². The number of hydrogen-bond acceptors (Lipinski definition) is 2. The lowest BCUT2D eigenvalue weighted by molar-refractivity contribution is 0.185. The predicted octanol–water partition coefficient (Wildman–Crippen LogP) is 2.83. The monoisotopic (exact) mass is 213 g/mol. The van der Waals surface area contributed by atoms with Crippen molar-refractivity contribution in [2.75, 3.05) is 20.3 Å². The quantitative estimate of drug-likeness (QED) is 0.685. The van der Waals surface area contributed by atoms with E-state index in [1.165, 1.54) is 32.1 Å². The van der Waals surface area contributed by atoms with E-state index in [1.807, 2.05) is 0 Å². The lowest BCUT2D eigenvalue weighted by Gasteiger charge is -2.35. The molecule has 1 saturated carbocycles. The smallest absolute Gasteiger partial charge is 0.0462 e. The second kappa shape index (κ2) is 7.24. The van der Waals surface area contributed by atoms with Crippen LogP contribution in [-0.4, -0.2) is 26.3 Å². The molecule has 2 nitrogen and oxygen atoms in total. The summed E-state index contributed by atoms with van der Waals surface area (Å²) in [6.07, 6.45) is 6.65. The summed E-state index contributed by atoms with van der Waals surface area (Å²) in [7, 11) is 1.78. The van der Waals surface area contributed by atoms with Gasteiger partial charge in [0.2, 0.25) is 0 Å². The van der Waals surface area contributed by atoms with E-state index >= 15 is 0 Å². The summed E-state index contributed by atoms with van der Waals surface area (Å²) in [6.45, 7) is 6.84. The van der Waals surface area contributed by atoms with Crippen molar-refractivity contribution in [1.29, 1.82) is 0 Å². The zero-order valence-corrected chi connectivity index (χ0v) is 10.6. The second-order valence-corrected chi connectivity index (χ2v) is 5.07. The number of ether oxygens (including phenoxy) is 1. The first-order valence-electron chi connectivity index (χ1n) is 6.48. The Balaban J connectivity index is 2.12. The standard InChI is InChI=1S/C13H27NO/c1-11-7-6-8-12(2)13(11)14-9-4-5-10-15-3/h11-14H,4-10H2,1-3H3/t11-,12-/m0/s1. The van der Waals surface area contributed by atoms with E-state index in [0.717, 1.165) is 31.0 Å². The summed E-state index contributed by atoms with van der Waals surface area (Å²) in [5.74, 6) is 1.72. The van der Waals surface area contributed by atoms with E-state index in [2.05, 4.69) is 19.2 Å². The summed E-state index contributed by atoms with van der Waals surface area (Å²) < 4.78 is 5.05. The molecule has 0 amide bonds. The molecule has 1 fully saturated rings. The number of unbranched alkanes of at least 4 members (excludes halogenated alkanes) is 1. The van der Waals surface area contributed by atoms with Gasteiger partial charge in [-0.25, -0.2) is 0 Å². The maximum Gasteiger partial charge on any atom is 0.0462 e. The SMILES string of the molecule is COCCCCNC1[C@@H](C)CCC[C@@H]1C. The van der Waals surface area contributed by atoms with Gasteiger partial charge in [-0.15, -0.1) is 0 Å². The highest BCUT2D eigenvalue weighted by Gasteiger charge is 2.26. The molecule has 15 heavy (non-hydrogen) atoms. The van der Waals surface area contributed by atoms with Crippen molar-refractivity contribution in [2.24, 2.45) is 11.8 Å². The molecule has 0 unspecified atom stereocenters. The van der Waals surface area contributed by atoms with Crippen molar-refractivity contribution >= 4 is 0 Å². The topological polar surface area (TPSA) is 21.3 Å². The van der Waals surface area contributed by atoms with Gasteiger partial charge in [0.25, 0.3) is 0 Å². The molecule has 0 aromatic rings. The van der Waals surface area contributed by atoms with E-state index in [1.54, 1.807) is 7.11 Å². The van der Waals surface area contributed by atoms with Gasteiger partial charge in [0, 0.05) is 19.8 Å². The van der Waals surface area contributed by atoms with Crippen molar-refractivity contribution in [3.05, 3.63) is 0 Å². The third-order valence-corrected chi connectivity index (χ3v) is 3.70. The van der Waals surface area contributed by atoms with Crippen LogP contribution in [0.4, 0.5) is 0 Å². The van der Waals surface area contributed by atoms with Crippen LogP contribution in [0, 0.1) is 11.8 Å². The van der Waals surface area contributed by atoms with Crippen molar-refractivity contribution in [3.63, 3.8) is 0 Å². The maximum absolute atomic E-state index is 5.05. The van der Waals surface area contributed by atoms with E-state index in [-0.39, 0.29) is 0 Å². The fraction of sp³-hybridized carbons (Fsp3) is 1.00. The Morgan fingerprint density at radius 1 is 1.13 bits per heavy atom. The first-order valence-corrected chi connectivity index (χ1v) is 6.48. The first kappa shape index (κ1) is 13.0. The molecule has 0 spiro atoms. The molecule has 1 aliphatic carbocycles. The molecule has 1 aliphatic rings. The van der Waals surface area contributed by atoms with E-state index in [9.17, 15) is 0 Å². The predicted molar refractivity (Wildman–Crippen MR) is 65.1 cm³/mol. The average molecular weight is 213 g/mol. The molecule has 2 atom stereocenters. The van der Waals surface area contributed by atoms with Gasteiger partial charge >= 0.3 is 0 Å². The van der Waals surface area contributed by atoms with Crippen LogP contribution in [-0.2, 0) is 4.74 Å². The van der Waals surface area contributed by atoms with Crippen LogP contribution in [0.1, 0.15) is 46.0 Å². The fourth-order valence-electron chi connectivity index (χ4n) is 2.72. The van der Waals surface area contributed by atoms with E-state index in [0.29, 0.717) is 0 Å².